The summed E-state index contributed by atoms with van der Waals surface area (Å²) in [5.41, 5.74) is 5.91. The number of fused-ring (bicyclic) bond motifs is 2. The first-order chi connectivity index (χ1) is 27.9. The van der Waals surface area contributed by atoms with Crippen LogP contribution >= 0.6 is 0 Å². The second-order valence-corrected chi connectivity index (χ2v) is 16.7. The number of aryl methyl sites for hydroxylation is 1. The van der Waals surface area contributed by atoms with Crippen LogP contribution in [0.3, 0.4) is 0 Å². The number of hydrogen-bond acceptors (Lipinski definition) is 11. The fourth-order valence-corrected chi connectivity index (χ4v) is 8.37. The van der Waals surface area contributed by atoms with E-state index >= 15 is 0 Å². The van der Waals surface area contributed by atoms with Crippen molar-refractivity contribution in [2.75, 3.05) is 54.5 Å². The van der Waals surface area contributed by atoms with Crippen LogP contribution in [0.25, 0.3) is 27.9 Å². The summed E-state index contributed by atoms with van der Waals surface area (Å²) >= 11 is 0. The van der Waals surface area contributed by atoms with Crippen LogP contribution in [0.2, 0.25) is 0 Å². The quantitative estimate of drug-likeness (QED) is 0.120. The van der Waals surface area contributed by atoms with Gasteiger partial charge in [-0.25, -0.2) is 17.7 Å². The number of nitrogens with zero attached hydrogens (tertiary/aromatic N) is 7. The molecule has 3 amide bonds. The minimum Gasteiger partial charge on any atom is -0.383 e. The molecular weight excluding hydrogens is 761 g/mol. The molecule has 3 N–H and O–H groups in total. The number of imidazole rings is 1. The van der Waals surface area contributed by atoms with Gasteiger partial charge >= 0.3 is 5.69 Å². The molecule has 58 heavy (non-hydrogen) atoms. The molecule has 1 unspecified atom stereocenters. The molecule has 16 nitrogen and oxygen atoms in total. The van der Waals surface area contributed by atoms with E-state index in [4.69, 9.17) is 0 Å². The minimum absolute atomic E-state index is 0.138. The lowest BCUT2D eigenvalue weighted by atomic mass is 10.1. The molecule has 6 aromatic rings. The Balaban J connectivity index is 0.803. The average Bonchev–Trinajstić information content (AvgIpc) is 3.75. The van der Waals surface area contributed by atoms with Crippen LogP contribution < -0.4 is 26.5 Å². The minimum atomic E-state index is -3.30. The number of piperazine rings is 1. The Hall–Kier alpha value is -6.49. The summed E-state index contributed by atoms with van der Waals surface area (Å²) in [5.74, 6) is -0.223. The van der Waals surface area contributed by atoms with E-state index in [2.05, 4.69) is 30.9 Å². The number of amides is 3. The number of benzene rings is 3. The molecule has 2 aliphatic heterocycles. The number of anilines is 4. The number of rotatable bonds is 12. The van der Waals surface area contributed by atoms with Crippen molar-refractivity contribution in [3.63, 3.8) is 0 Å². The number of carbonyl (C=O) groups excluding carboxylic acids is 3. The molecule has 0 aliphatic carbocycles. The Bertz CT molecular complexity index is 2700. The molecule has 2 fully saturated rings. The maximum atomic E-state index is 13.2. The average molecular weight is 805 g/mol. The number of carbonyl (C=O) groups is 3. The molecule has 17 heteroatoms. The van der Waals surface area contributed by atoms with Gasteiger partial charge < -0.3 is 20.4 Å². The van der Waals surface area contributed by atoms with Gasteiger partial charge in [-0.05, 0) is 79.9 Å². The molecule has 300 valence electrons. The molecule has 2 aliphatic rings. The summed E-state index contributed by atoms with van der Waals surface area (Å²) < 4.78 is 28.5. The molecule has 0 saturated carbocycles. The first-order valence-electron chi connectivity index (χ1n) is 19.3. The van der Waals surface area contributed by atoms with Crippen molar-refractivity contribution in [1.82, 2.24) is 33.9 Å². The van der Waals surface area contributed by atoms with E-state index < -0.39 is 21.8 Å². The van der Waals surface area contributed by atoms with Gasteiger partial charge in [0, 0.05) is 75.8 Å². The lowest BCUT2D eigenvalue weighted by molar-refractivity contribution is -0.136. The van der Waals surface area contributed by atoms with Crippen LogP contribution in [-0.4, -0.2) is 93.8 Å². The van der Waals surface area contributed by atoms with E-state index in [-0.39, 0.29) is 35.2 Å². The highest BCUT2D eigenvalue weighted by Crippen LogP contribution is 2.28. The second kappa shape index (κ2) is 15.8. The van der Waals surface area contributed by atoms with E-state index in [1.54, 1.807) is 35.8 Å². The number of para-hydroxylation sites is 1. The fraction of sp³-hybridized carbons (Fsp3) is 0.317. The Kier molecular flexibility index (Phi) is 10.5. The standard InChI is InChI=1S/C41H44N10O6S/c1-47-38-31(7-5-9-33(38)50(41(47)55)34-20-21-36(52)45-39(34)54)42-22-4-3-11-37(53)49-25-23-48(24-26-49)29-16-14-28(15-17-29)43-40-44-35-10-6-8-32(51(35)46-40)27-12-18-30(19-13-27)58(2,56)57/h5-10,12-19,34,42H,3-4,11,20-26H2,1-2H3,(H,43,46)(H,45,52,54). The highest BCUT2D eigenvalue weighted by atomic mass is 32.2. The van der Waals surface area contributed by atoms with Crippen molar-refractivity contribution in [2.24, 2.45) is 7.05 Å². The fourth-order valence-electron chi connectivity index (χ4n) is 7.74. The molecule has 0 bridgehead atoms. The van der Waals surface area contributed by atoms with Gasteiger partial charge in [0.25, 0.3) is 0 Å². The third-order valence-corrected chi connectivity index (χ3v) is 11.9. The van der Waals surface area contributed by atoms with Gasteiger partial charge in [0.2, 0.25) is 23.7 Å². The number of hydrogen-bond donors (Lipinski definition) is 3. The monoisotopic (exact) mass is 804 g/mol. The third kappa shape index (κ3) is 7.76. The van der Waals surface area contributed by atoms with Crippen LogP contribution in [0.5, 0.6) is 0 Å². The third-order valence-electron chi connectivity index (χ3n) is 10.8. The van der Waals surface area contributed by atoms with Gasteiger partial charge in [-0.2, -0.15) is 4.98 Å². The summed E-state index contributed by atoms with van der Waals surface area (Å²) in [6.45, 7) is 3.34. The Morgan fingerprint density at radius 1 is 0.897 bits per heavy atom. The Morgan fingerprint density at radius 2 is 1.64 bits per heavy atom. The van der Waals surface area contributed by atoms with Crippen molar-refractivity contribution < 1.29 is 22.8 Å². The predicted octanol–water partition coefficient (Wildman–Crippen LogP) is 4.11. The van der Waals surface area contributed by atoms with Crippen molar-refractivity contribution in [2.45, 2.75) is 43.0 Å². The van der Waals surface area contributed by atoms with Gasteiger partial charge in [0.1, 0.15) is 6.04 Å². The SMILES string of the molecule is Cn1c(=O)n(C2CCC(=O)NC2=O)c2cccc(NCCCCC(=O)N3CCN(c4ccc(Nc5nc6cccc(-c7ccc(S(C)(=O)=O)cc7)n6n5)cc4)CC3)c21. The van der Waals surface area contributed by atoms with Crippen LogP contribution in [0.1, 0.15) is 38.1 Å². The van der Waals surface area contributed by atoms with Gasteiger partial charge in [-0.3, -0.25) is 28.8 Å². The Labute approximate surface area is 334 Å². The number of nitrogens with one attached hydrogen (secondary N) is 3. The Morgan fingerprint density at radius 3 is 2.36 bits per heavy atom. The van der Waals surface area contributed by atoms with Gasteiger partial charge in [-0.15, -0.1) is 5.10 Å². The number of aromatic nitrogens is 5. The van der Waals surface area contributed by atoms with Gasteiger partial charge in [0.15, 0.2) is 15.5 Å². The van der Waals surface area contributed by atoms with Crippen molar-refractivity contribution in [3.8, 4) is 11.3 Å². The predicted molar refractivity (Wildman–Crippen MR) is 221 cm³/mol. The normalized spacial score (nSPS) is 16.2. The van der Waals surface area contributed by atoms with E-state index in [0.717, 1.165) is 47.8 Å². The lowest BCUT2D eigenvalue weighted by Gasteiger charge is -2.36. The molecule has 3 aromatic heterocycles. The summed E-state index contributed by atoms with van der Waals surface area (Å²) in [7, 11) is -1.62. The molecule has 1 atom stereocenters. The first-order valence-corrected chi connectivity index (χ1v) is 21.2. The molecule has 0 radical (unpaired) electrons. The van der Waals surface area contributed by atoms with Crippen molar-refractivity contribution >= 4 is 67.2 Å². The maximum Gasteiger partial charge on any atom is 0.329 e. The van der Waals surface area contributed by atoms with Crippen molar-refractivity contribution in [1.29, 1.82) is 0 Å². The molecular formula is C41H44N10O6S. The molecule has 2 saturated heterocycles. The molecule has 5 heterocycles. The van der Waals surface area contributed by atoms with Crippen LogP contribution in [-0.2, 0) is 31.3 Å². The van der Waals surface area contributed by atoms with Gasteiger partial charge in [0.05, 0.1) is 27.3 Å². The number of imide groups is 1. The number of sulfone groups is 1. The molecule has 0 spiro atoms. The maximum absolute atomic E-state index is 13.2. The molecule has 8 rings (SSSR count). The van der Waals surface area contributed by atoms with E-state index in [1.807, 2.05) is 65.6 Å². The van der Waals surface area contributed by atoms with Gasteiger partial charge in [-0.1, -0.05) is 24.3 Å². The number of piperidine rings is 1. The zero-order valence-corrected chi connectivity index (χ0v) is 33.0. The topological polar surface area (TPSA) is 185 Å². The highest BCUT2D eigenvalue weighted by molar-refractivity contribution is 7.90. The number of pyridine rings is 1. The first kappa shape index (κ1) is 38.4. The van der Waals surface area contributed by atoms with Crippen LogP contribution in [0.4, 0.5) is 23.0 Å². The summed E-state index contributed by atoms with van der Waals surface area (Å²) in [4.78, 5) is 59.7. The highest BCUT2D eigenvalue weighted by Gasteiger charge is 2.31. The smallest absolute Gasteiger partial charge is 0.329 e. The summed E-state index contributed by atoms with van der Waals surface area (Å²) in [5, 5.41) is 13.7. The summed E-state index contributed by atoms with van der Waals surface area (Å²) in [6, 6.07) is 25.2. The van der Waals surface area contributed by atoms with Crippen molar-refractivity contribution in [3.05, 3.63) is 95.4 Å². The number of unbranched alkanes of at least 4 members (excludes halogenated alkanes) is 1. The lowest BCUT2D eigenvalue weighted by Crippen LogP contribution is -2.48. The summed E-state index contributed by atoms with van der Waals surface area (Å²) in [6.07, 6.45) is 3.57. The largest absolute Gasteiger partial charge is 0.383 e. The molecule has 3 aromatic carbocycles. The van der Waals surface area contributed by atoms with Crippen LogP contribution in [0.15, 0.2) is 94.6 Å². The van der Waals surface area contributed by atoms with E-state index in [0.29, 0.717) is 55.1 Å². The second-order valence-electron chi connectivity index (χ2n) is 14.7. The zero-order chi connectivity index (χ0) is 40.6. The van der Waals surface area contributed by atoms with E-state index in [1.165, 1.54) is 15.4 Å². The zero-order valence-electron chi connectivity index (χ0n) is 32.2. The van der Waals surface area contributed by atoms with E-state index in [9.17, 15) is 27.6 Å². The van der Waals surface area contributed by atoms with Crippen LogP contribution in [0, 0.1) is 0 Å².